The van der Waals surface area contributed by atoms with E-state index in [2.05, 4.69) is 41.3 Å². The largest absolute Gasteiger partial charge is 0.494 e. The number of amides is 1. The van der Waals surface area contributed by atoms with Gasteiger partial charge in [-0.2, -0.15) is 0 Å². The number of hydrogen-bond donors (Lipinski definition) is 2. The van der Waals surface area contributed by atoms with Gasteiger partial charge in [0.05, 0.1) is 16.8 Å². The summed E-state index contributed by atoms with van der Waals surface area (Å²) in [6, 6.07) is 6.06. The van der Waals surface area contributed by atoms with Crippen LogP contribution >= 0.6 is 23.6 Å². The molecule has 0 bridgehead atoms. The lowest BCUT2D eigenvalue weighted by Crippen LogP contribution is -2.60. The lowest BCUT2D eigenvalue weighted by molar-refractivity contribution is -0.116. The topological polar surface area (TPSA) is 66.5 Å². The number of hydrogen-bond acceptors (Lipinski definition) is 5. The number of anilines is 1. The molecule has 1 aliphatic heterocycles. The van der Waals surface area contributed by atoms with E-state index in [4.69, 9.17) is 17.0 Å². The second kappa shape index (κ2) is 7.98. The van der Waals surface area contributed by atoms with Gasteiger partial charge < -0.3 is 20.3 Å². The summed E-state index contributed by atoms with van der Waals surface area (Å²) in [5.41, 5.74) is 0.854. The maximum absolute atomic E-state index is 12.4. The van der Waals surface area contributed by atoms with Crippen molar-refractivity contribution in [3.63, 3.8) is 0 Å². The number of fused-ring (bicyclic) bond motifs is 1. The van der Waals surface area contributed by atoms with Crippen molar-refractivity contribution in [2.24, 2.45) is 0 Å². The van der Waals surface area contributed by atoms with Crippen molar-refractivity contribution in [2.75, 3.05) is 18.5 Å². The molecule has 0 unspecified atom stereocenters. The van der Waals surface area contributed by atoms with Crippen LogP contribution in [0.5, 0.6) is 5.75 Å². The van der Waals surface area contributed by atoms with Crippen molar-refractivity contribution in [3.05, 3.63) is 18.2 Å². The number of thiocarbonyl (C=S) groups is 1. The van der Waals surface area contributed by atoms with Crippen molar-refractivity contribution < 1.29 is 9.53 Å². The van der Waals surface area contributed by atoms with E-state index in [1.165, 1.54) is 11.3 Å². The molecule has 2 N–H and O–H groups in total. The van der Waals surface area contributed by atoms with Gasteiger partial charge in [0.15, 0.2) is 10.2 Å². The Labute approximate surface area is 169 Å². The SMILES string of the molecule is CCOc1ccc2nc(NC(=O)CCN3C(=S)NC(C)(C)C[C@@H]3C)sc2c1. The first-order valence-corrected chi connectivity index (χ1v) is 10.4. The minimum absolute atomic E-state index is 0.00337. The zero-order valence-corrected chi connectivity index (χ0v) is 17.8. The Hall–Kier alpha value is -1.93. The van der Waals surface area contributed by atoms with Gasteiger partial charge in [-0.3, -0.25) is 4.79 Å². The summed E-state index contributed by atoms with van der Waals surface area (Å²) in [6.45, 7) is 9.60. The van der Waals surface area contributed by atoms with Crippen LogP contribution in [-0.4, -0.2) is 45.6 Å². The second-order valence-electron chi connectivity index (χ2n) is 7.44. The van der Waals surface area contributed by atoms with Crippen LogP contribution < -0.4 is 15.4 Å². The van der Waals surface area contributed by atoms with Crippen molar-refractivity contribution >= 4 is 49.9 Å². The van der Waals surface area contributed by atoms with Crippen molar-refractivity contribution in [1.29, 1.82) is 0 Å². The number of ether oxygens (including phenoxy) is 1. The summed E-state index contributed by atoms with van der Waals surface area (Å²) in [5, 5.41) is 7.58. The molecule has 3 rings (SSSR count). The number of thiazole rings is 1. The highest BCUT2D eigenvalue weighted by Gasteiger charge is 2.33. The van der Waals surface area contributed by atoms with Crippen molar-refractivity contribution in [2.45, 2.75) is 52.1 Å². The van der Waals surface area contributed by atoms with Gasteiger partial charge >= 0.3 is 0 Å². The average molecular weight is 407 g/mol. The number of aromatic nitrogens is 1. The van der Waals surface area contributed by atoms with E-state index in [9.17, 15) is 4.79 Å². The average Bonchev–Trinajstić information content (AvgIpc) is 2.94. The summed E-state index contributed by atoms with van der Waals surface area (Å²) in [7, 11) is 0. The van der Waals surface area contributed by atoms with Gasteiger partial charge in [0.25, 0.3) is 0 Å². The smallest absolute Gasteiger partial charge is 0.227 e. The normalized spacial score (nSPS) is 19.0. The van der Waals surface area contributed by atoms with E-state index >= 15 is 0 Å². The summed E-state index contributed by atoms with van der Waals surface area (Å²) in [4.78, 5) is 18.9. The lowest BCUT2D eigenvalue weighted by Gasteiger charge is -2.44. The van der Waals surface area contributed by atoms with Crippen molar-refractivity contribution in [3.8, 4) is 5.75 Å². The van der Waals surface area contributed by atoms with E-state index in [1.807, 2.05) is 25.1 Å². The molecule has 1 saturated heterocycles. The summed E-state index contributed by atoms with van der Waals surface area (Å²) < 4.78 is 6.51. The highest BCUT2D eigenvalue weighted by Crippen LogP contribution is 2.29. The molecule has 1 aromatic heterocycles. The highest BCUT2D eigenvalue weighted by molar-refractivity contribution is 7.80. The minimum atomic E-state index is -0.0566. The molecule has 0 spiro atoms. The zero-order chi connectivity index (χ0) is 19.6. The number of nitrogens with one attached hydrogen (secondary N) is 2. The van der Waals surface area contributed by atoms with Gasteiger partial charge in [-0.1, -0.05) is 11.3 Å². The molecule has 2 heterocycles. The number of carbonyl (C=O) groups is 1. The molecule has 1 atom stereocenters. The molecule has 1 fully saturated rings. The molecule has 146 valence electrons. The number of carbonyl (C=O) groups excluding carboxylic acids is 1. The molecule has 8 heteroatoms. The molecule has 0 aliphatic carbocycles. The van der Waals surface area contributed by atoms with Crippen molar-refractivity contribution in [1.82, 2.24) is 15.2 Å². The number of nitrogens with zero attached hydrogens (tertiary/aromatic N) is 2. The predicted octanol–water partition coefficient (Wildman–Crippen LogP) is 3.77. The third kappa shape index (κ3) is 4.87. The van der Waals surface area contributed by atoms with Crippen LogP contribution in [0.4, 0.5) is 5.13 Å². The Morgan fingerprint density at radius 1 is 1.52 bits per heavy atom. The monoisotopic (exact) mass is 406 g/mol. The van der Waals surface area contributed by atoms with E-state index in [-0.39, 0.29) is 11.4 Å². The molecular weight excluding hydrogens is 380 g/mol. The maximum atomic E-state index is 12.4. The zero-order valence-electron chi connectivity index (χ0n) is 16.2. The molecule has 0 saturated carbocycles. The summed E-state index contributed by atoms with van der Waals surface area (Å²) in [5.74, 6) is 0.758. The Bertz CT molecular complexity index is 849. The van der Waals surface area contributed by atoms with Gasteiger partial charge in [-0.05, 0) is 64.5 Å². The Balaban J connectivity index is 1.58. The van der Waals surface area contributed by atoms with Crippen LogP contribution in [0.3, 0.4) is 0 Å². The first kappa shape index (κ1) is 19.8. The third-order valence-corrected chi connectivity index (χ3v) is 5.81. The number of rotatable bonds is 6. The first-order chi connectivity index (χ1) is 12.8. The van der Waals surface area contributed by atoms with Gasteiger partial charge in [-0.15, -0.1) is 0 Å². The summed E-state index contributed by atoms with van der Waals surface area (Å²) in [6.07, 6.45) is 1.35. The van der Waals surface area contributed by atoms with Crippen LogP contribution in [-0.2, 0) is 4.79 Å². The Morgan fingerprint density at radius 2 is 2.30 bits per heavy atom. The van der Waals surface area contributed by atoms with E-state index < -0.39 is 0 Å². The first-order valence-electron chi connectivity index (χ1n) is 9.19. The highest BCUT2D eigenvalue weighted by atomic mass is 32.1. The summed E-state index contributed by atoms with van der Waals surface area (Å²) >= 11 is 6.93. The number of benzene rings is 1. The minimum Gasteiger partial charge on any atom is -0.494 e. The molecule has 27 heavy (non-hydrogen) atoms. The molecule has 1 amide bonds. The van der Waals surface area contributed by atoms with Crippen LogP contribution in [0.25, 0.3) is 10.2 Å². The molecule has 1 aliphatic rings. The molecule has 2 aromatic rings. The van der Waals surface area contributed by atoms with Crippen LogP contribution in [0.1, 0.15) is 40.5 Å². The molecule has 0 radical (unpaired) electrons. The lowest BCUT2D eigenvalue weighted by atomic mass is 9.93. The third-order valence-electron chi connectivity index (χ3n) is 4.54. The standard InChI is InChI=1S/C19H26N4O2S2/c1-5-25-13-6-7-14-15(10-13)27-17(20-14)21-16(24)8-9-23-12(2)11-19(3,4)22-18(23)26/h6-7,10,12H,5,8-9,11H2,1-4H3,(H,22,26)(H,20,21,24)/t12-/m0/s1. The fourth-order valence-electron chi connectivity index (χ4n) is 3.40. The maximum Gasteiger partial charge on any atom is 0.227 e. The van der Waals surface area contributed by atoms with Gasteiger partial charge in [0.1, 0.15) is 5.75 Å². The van der Waals surface area contributed by atoms with Gasteiger partial charge in [0, 0.05) is 24.5 Å². The second-order valence-corrected chi connectivity index (χ2v) is 8.86. The molecule has 1 aromatic carbocycles. The molecular formula is C19H26N4O2S2. The van der Waals surface area contributed by atoms with Crippen LogP contribution in [0.15, 0.2) is 18.2 Å². The van der Waals surface area contributed by atoms with E-state index in [0.29, 0.717) is 30.7 Å². The van der Waals surface area contributed by atoms with Gasteiger partial charge in [-0.25, -0.2) is 4.98 Å². The Kier molecular flexibility index (Phi) is 5.86. The quantitative estimate of drug-likeness (QED) is 0.712. The van der Waals surface area contributed by atoms with E-state index in [1.54, 1.807) is 0 Å². The molecule has 6 nitrogen and oxygen atoms in total. The van der Waals surface area contributed by atoms with Crippen LogP contribution in [0.2, 0.25) is 0 Å². The van der Waals surface area contributed by atoms with Gasteiger partial charge in [0.2, 0.25) is 5.91 Å². The predicted molar refractivity (Wildman–Crippen MR) is 115 cm³/mol. The fraction of sp³-hybridized carbons (Fsp3) is 0.526. The van der Waals surface area contributed by atoms with Crippen LogP contribution in [0, 0.1) is 0 Å². The Morgan fingerprint density at radius 3 is 3.00 bits per heavy atom. The fourth-order valence-corrected chi connectivity index (χ4v) is 4.86. The van der Waals surface area contributed by atoms with E-state index in [0.717, 1.165) is 27.5 Å².